The normalized spacial score (nSPS) is 16.3. The number of thioether (sulfide) groups is 1. The molecular formula is C22H27N5O2S. The van der Waals surface area contributed by atoms with Gasteiger partial charge < -0.3 is 9.30 Å². The van der Waals surface area contributed by atoms with Gasteiger partial charge in [0.25, 0.3) is 0 Å². The lowest BCUT2D eigenvalue weighted by Gasteiger charge is -2.14. The zero-order valence-electron chi connectivity index (χ0n) is 17.9. The van der Waals surface area contributed by atoms with E-state index < -0.39 is 0 Å². The van der Waals surface area contributed by atoms with Crippen molar-refractivity contribution in [3.63, 3.8) is 0 Å². The van der Waals surface area contributed by atoms with Gasteiger partial charge in [-0.1, -0.05) is 30.0 Å². The first kappa shape index (κ1) is 20.8. The van der Waals surface area contributed by atoms with E-state index >= 15 is 0 Å². The van der Waals surface area contributed by atoms with Crippen molar-refractivity contribution in [2.45, 2.75) is 58.3 Å². The van der Waals surface area contributed by atoms with Gasteiger partial charge in [0, 0.05) is 30.1 Å². The van der Waals surface area contributed by atoms with E-state index in [0.717, 1.165) is 59.8 Å². The third kappa shape index (κ3) is 4.06. The highest BCUT2D eigenvalue weighted by Crippen LogP contribution is 2.26. The molecule has 1 aliphatic heterocycles. The Labute approximate surface area is 180 Å². The van der Waals surface area contributed by atoms with E-state index in [1.54, 1.807) is 4.68 Å². The summed E-state index contributed by atoms with van der Waals surface area (Å²) in [4.78, 5) is 13.0. The quantitative estimate of drug-likeness (QED) is 0.423. The highest BCUT2D eigenvalue weighted by atomic mass is 32.2. The average Bonchev–Trinajstić information content (AvgIpc) is 3.44. The van der Waals surface area contributed by atoms with Gasteiger partial charge in [-0.2, -0.15) is 4.68 Å². The Balaban J connectivity index is 1.49. The Kier molecular flexibility index (Phi) is 6.06. The van der Waals surface area contributed by atoms with Crippen molar-refractivity contribution in [3.8, 4) is 5.69 Å². The number of ether oxygens (including phenoxy) is 1. The number of hydrogen-bond donors (Lipinski definition) is 0. The number of Topliss-reactive ketones (excluding diaryl/α,β-unsaturated/α-hetero) is 1. The van der Waals surface area contributed by atoms with Crippen LogP contribution in [0.4, 0.5) is 0 Å². The molecule has 0 aliphatic carbocycles. The summed E-state index contributed by atoms with van der Waals surface area (Å²) < 4.78 is 9.70. The number of hydrogen-bond acceptors (Lipinski definition) is 6. The molecule has 2 aromatic heterocycles. The summed E-state index contributed by atoms with van der Waals surface area (Å²) in [6, 6.07) is 8.07. The highest BCUT2D eigenvalue weighted by molar-refractivity contribution is 7.99. The van der Waals surface area contributed by atoms with Gasteiger partial charge in [-0.05, 0) is 68.2 Å². The minimum absolute atomic E-state index is 0.0859. The van der Waals surface area contributed by atoms with E-state index in [0.29, 0.717) is 5.16 Å². The van der Waals surface area contributed by atoms with Gasteiger partial charge in [0.2, 0.25) is 5.16 Å². The van der Waals surface area contributed by atoms with E-state index in [1.807, 2.05) is 52.0 Å². The molecule has 0 N–H and O–H groups in total. The summed E-state index contributed by atoms with van der Waals surface area (Å²) in [5, 5.41) is 12.8. The van der Waals surface area contributed by atoms with Crippen molar-refractivity contribution in [2.75, 3.05) is 12.4 Å². The average molecular weight is 426 g/mol. The van der Waals surface area contributed by atoms with Gasteiger partial charge in [-0.25, -0.2) is 0 Å². The number of tetrazole rings is 1. The van der Waals surface area contributed by atoms with Crippen LogP contribution in [0.15, 0.2) is 29.4 Å². The van der Waals surface area contributed by atoms with Crippen LogP contribution in [0.1, 0.15) is 45.7 Å². The molecule has 0 bridgehead atoms. The summed E-state index contributed by atoms with van der Waals surface area (Å²) in [6.07, 6.45) is 2.44. The Hall–Kier alpha value is -2.45. The van der Waals surface area contributed by atoms with E-state index in [-0.39, 0.29) is 17.6 Å². The molecule has 1 fully saturated rings. The van der Waals surface area contributed by atoms with Crippen molar-refractivity contribution in [2.24, 2.45) is 0 Å². The van der Waals surface area contributed by atoms with Crippen molar-refractivity contribution < 1.29 is 9.53 Å². The third-order valence-electron chi connectivity index (χ3n) is 5.71. The Morgan fingerprint density at radius 1 is 1.23 bits per heavy atom. The molecule has 0 radical (unpaired) electrons. The summed E-state index contributed by atoms with van der Waals surface area (Å²) in [5.74, 6) is 0.373. The fraction of sp³-hybridized carbons (Fsp3) is 0.455. The summed E-state index contributed by atoms with van der Waals surface area (Å²) >= 11 is 1.37. The molecule has 0 spiro atoms. The van der Waals surface area contributed by atoms with E-state index in [9.17, 15) is 4.79 Å². The molecule has 3 heterocycles. The number of carbonyl (C=O) groups excluding carboxylic acids is 1. The van der Waals surface area contributed by atoms with Crippen LogP contribution in [0.3, 0.4) is 0 Å². The molecule has 1 aromatic carbocycles. The Morgan fingerprint density at radius 2 is 2.00 bits per heavy atom. The van der Waals surface area contributed by atoms with Crippen molar-refractivity contribution >= 4 is 17.5 Å². The first-order valence-electron chi connectivity index (χ1n) is 10.2. The lowest BCUT2D eigenvalue weighted by Crippen LogP contribution is -2.17. The molecule has 4 rings (SSSR count). The maximum absolute atomic E-state index is 13.0. The largest absolute Gasteiger partial charge is 0.376 e. The Morgan fingerprint density at radius 3 is 2.70 bits per heavy atom. The zero-order valence-corrected chi connectivity index (χ0v) is 18.7. The molecule has 1 saturated heterocycles. The van der Waals surface area contributed by atoms with Gasteiger partial charge in [-0.3, -0.25) is 4.79 Å². The summed E-state index contributed by atoms with van der Waals surface area (Å²) in [6.45, 7) is 9.78. The number of nitrogens with zero attached hydrogens (tertiary/aromatic N) is 5. The minimum Gasteiger partial charge on any atom is -0.376 e. The van der Waals surface area contributed by atoms with Gasteiger partial charge >= 0.3 is 0 Å². The summed E-state index contributed by atoms with van der Waals surface area (Å²) in [5.41, 5.74) is 6.01. The molecular weight excluding hydrogens is 398 g/mol. The van der Waals surface area contributed by atoms with Crippen LogP contribution < -0.4 is 0 Å². The van der Waals surface area contributed by atoms with E-state index in [4.69, 9.17) is 4.74 Å². The lowest BCUT2D eigenvalue weighted by atomic mass is 10.1. The topological polar surface area (TPSA) is 74.8 Å². The van der Waals surface area contributed by atoms with Crippen LogP contribution in [0, 0.1) is 27.7 Å². The molecule has 0 amide bonds. The van der Waals surface area contributed by atoms with Gasteiger partial charge in [0.1, 0.15) is 0 Å². The van der Waals surface area contributed by atoms with Crippen LogP contribution >= 0.6 is 11.8 Å². The van der Waals surface area contributed by atoms with Crippen molar-refractivity contribution in [3.05, 3.63) is 52.3 Å². The molecule has 8 heteroatoms. The van der Waals surface area contributed by atoms with Crippen LogP contribution in [0.25, 0.3) is 5.69 Å². The number of carbonyl (C=O) groups is 1. The molecule has 158 valence electrons. The molecule has 1 atom stereocenters. The summed E-state index contributed by atoms with van der Waals surface area (Å²) in [7, 11) is 0. The number of benzene rings is 1. The number of aryl methyl sites for hydroxylation is 3. The van der Waals surface area contributed by atoms with Crippen LogP contribution in [-0.2, 0) is 11.3 Å². The van der Waals surface area contributed by atoms with Crippen molar-refractivity contribution in [1.82, 2.24) is 24.8 Å². The maximum Gasteiger partial charge on any atom is 0.214 e. The second-order valence-corrected chi connectivity index (χ2v) is 8.80. The first-order chi connectivity index (χ1) is 14.5. The predicted octanol–water partition coefficient (Wildman–Crippen LogP) is 3.85. The molecule has 30 heavy (non-hydrogen) atoms. The van der Waals surface area contributed by atoms with Crippen molar-refractivity contribution in [1.29, 1.82) is 0 Å². The van der Waals surface area contributed by atoms with E-state index in [2.05, 4.69) is 20.1 Å². The van der Waals surface area contributed by atoms with Gasteiger partial charge in [-0.15, -0.1) is 5.10 Å². The van der Waals surface area contributed by atoms with Gasteiger partial charge in [0.15, 0.2) is 5.78 Å². The molecule has 1 aliphatic rings. The van der Waals surface area contributed by atoms with E-state index in [1.165, 1.54) is 11.8 Å². The number of aromatic nitrogens is 5. The second-order valence-electron chi connectivity index (χ2n) is 7.86. The fourth-order valence-electron chi connectivity index (χ4n) is 4.11. The lowest BCUT2D eigenvalue weighted by molar-refractivity contribution is 0.0957. The minimum atomic E-state index is 0.0859. The smallest absolute Gasteiger partial charge is 0.214 e. The predicted molar refractivity (Wildman–Crippen MR) is 117 cm³/mol. The molecule has 0 unspecified atom stereocenters. The number of rotatable bonds is 7. The third-order valence-corrected chi connectivity index (χ3v) is 6.63. The maximum atomic E-state index is 13.0. The second kappa shape index (κ2) is 8.73. The number of para-hydroxylation sites is 1. The van der Waals surface area contributed by atoms with Crippen LogP contribution in [0.2, 0.25) is 0 Å². The van der Waals surface area contributed by atoms with Crippen LogP contribution in [0.5, 0.6) is 0 Å². The molecule has 3 aromatic rings. The van der Waals surface area contributed by atoms with Gasteiger partial charge in [0.05, 0.1) is 17.5 Å². The standard InChI is InChI=1S/C22H27N5O2S/c1-14-7-5-8-15(2)21(14)27-22(23-24-25-27)30-13-20(28)19-11-16(3)26(17(19)4)12-18-9-6-10-29-18/h5,7-8,11,18H,6,9-10,12-13H2,1-4H3/t18-/m0/s1. The van der Waals surface area contributed by atoms with Crippen LogP contribution in [-0.4, -0.2) is 49.0 Å². The first-order valence-corrected chi connectivity index (χ1v) is 11.2. The molecule has 0 saturated carbocycles. The number of ketones is 1. The highest BCUT2D eigenvalue weighted by Gasteiger charge is 2.22. The monoisotopic (exact) mass is 425 g/mol. The molecule has 7 nitrogen and oxygen atoms in total. The zero-order chi connectivity index (χ0) is 21.3. The fourth-order valence-corrected chi connectivity index (χ4v) is 4.87. The Bertz CT molecular complexity index is 1050. The SMILES string of the molecule is Cc1cccc(C)c1-n1nnnc1SCC(=O)c1cc(C)n(C[C@@H]2CCCO2)c1C.